The second-order valence-corrected chi connectivity index (χ2v) is 5.82. The topological polar surface area (TPSA) is 70.5 Å². The van der Waals surface area contributed by atoms with Crippen LogP contribution in [0, 0.1) is 5.41 Å². The summed E-state index contributed by atoms with van der Waals surface area (Å²) >= 11 is 0. The van der Waals surface area contributed by atoms with Crippen LogP contribution in [-0.4, -0.2) is 57.0 Å². The molecule has 0 spiro atoms. The van der Waals surface area contributed by atoms with Crippen LogP contribution in [0.1, 0.15) is 6.92 Å². The van der Waals surface area contributed by atoms with Gasteiger partial charge in [0.1, 0.15) is 11.1 Å². The molecule has 6 heteroatoms. The highest BCUT2D eigenvalue weighted by molar-refractivity contribution is 7.92. The molecule has 0 saturated carbocycles. The van der Waals surface area contributed by atoms with Crippen LogP contribution < -0.4 is 0 Å². The fraction of sp³-hybridized carbons (Fsp3) is 0.875. The smallest absolute Gasteiger partial charge is 0.157 e. The number of nitrogens with zero attached hydrogens (tertiary/aromatic N) is 1. The summed E-state index contributed by atoms with van der Waals surface area (Å²) in [6, 6.07) is 0. The molecule has 1 N–H and O–H groups in total. The zero-order valence-electron chi connectivity index (χ0n) is 8.49. The Morgan fingerprint density at radius 3 is 2.36 bits per heavy atom. The SMILES string of the molecule is CC(C(=N)N1CCOCC1)S(C)(=O)=O. The summed E-state index contributed by atoms with van der Waals surface area (Å²) in [7, 11) is -3.16. The van der Waals surface area contributed by atoms with Crippen molar-refractivity contribution in [3.8, 4) is 0 Å². The van der Waals surface area contributed by atoms with Gasteiger partial charge in [0.2, 0.25) is 0 Å². The van der Waals surface area contributed by atoms with Crippen molar-refractivity contribution in [3.63, 3.8) is 0 Å². The predicted molar refractivity (Wildman–Crippen MR) is 54.4 cm³/mol. The second kappa shape index (κ2) is 4.27. The van der Waals surface area contributed by atoms with Crippen LogP contribution in [0.15, 0.2) is 0 Å². The van der Waals surface area contributed by atoms with E-state index < -0.39 is 15.1 Å². The summed E-state index contributed by atoms with van der Waals surface area (Å²) in [6.07, 6.45) is 1.16. The van der Waals surface area contributed by atoms with E-state index in [-0.39, 0.29) is 5.84 Å². The summed E-state index contributed by atoms with van der Waals surface area (Å²) in [6.45, 7) is 3.90. The first-order valence-electron chi connectivity index (χ1n) is 4.53. The molecule has 1 atom stereocenters. The van der Waals surface area contributed by atoms with Gasteiger partial charge in [0.15, 0.2) is 9.84 Å². The first-order chi connectivity index (χ1) is 6.43. The molecule has 14 heavy (non-hydrogen) atoms. The quantitative estimate of drug-likeness (QED) is 0.513. The van der Waals surface area contributed by atoms with Crippen molar-refractivity contribution < 1.29 is 13.2 Å². The lowest BCUT2D eigenvalue weighted by molar-refractivity contribution is 0.0670. The molecule has 82 valence electrons. The van der Waals surface area contributed by atoms with Crippen molar-refractivity contribution in [2.24, 2.45) is 0 Å². The van der Waals surface area contributed by atoms with E-state index in [0.717, 1.165) is 6.26 Å². The van der Waals surface area contributed by atoms with E-state index in [4.69, 9.17) is 10.1 Å². The molecule has 0 aliphatic carbocycles. The Hall–Kier alpha value is -0.620. The minimum absolute atomic E-state index is 0.177. The highest BCUT2D eigenvalue weighted by Crippen LogP contribution is 2.06. The molecule has 1 saturated heterocycles. The van der Waals surface area contributed by atoms with Crippen molar-refractivity contribution in [2.75, 3.05) is 32.6 Å². The van der Waals surface area contributed by atoms with Gasteiger partial charge in [0, 0.05) is 19.3 Å². The van der Waals surface area contributed by atoms with Gasteiger partial charge in [-0.2, -0.15) is 0 Å². The molecule has 0 aromatic carbocycles. The molecule has 0 aromatic heterocycles. The van der Waals surface area contributed by atoms with Gasteiger partial charge in [0.25, 0.3) is 0 Å². The fourth-order valence-electron chi connectivity index (χ4n) is 1.26. The van der Waals surface area contributed by atoms with Crippen molar-refractivity contribution in [1.29, 1.82) is 5.41 Å². The lowest BCUT2D eigenvalue weighted by atomic mass is 10.3. The normalized spacial score (nSPS) is 20.6. The van der Waals surface area contributed by atoms with Crippen molar-refractivity contribution in [1.82, 2.24) is 4.90 Å². The van der Waals surface area contributed by atoms with Gasteiger partial charge in [-0.25, -0.2) is 8.42 Å². The number of hydrogen-bond donors (Lipinski definition) is 1. The summed E-state index contributed by atoms with van der Waals surface area (Å²) in [5, 5.41) is 7.01. The molecule has 0 amide bonds. The van der Waals surface area contributed by atoms with E-state index in [9.17, 15) is 8.42 Å². The predicted octanol–water partition coefficient (Wildman–Crippen LogP) is -0.271. The zero-order chi connectivity index (χ0) is 10.8. The first-order valence-corrected chi connectivity index (χ1v) is 6.48. The molecule has 1 fully saturated rings. The second-order valence-electron chi connectivity index (χ2n) is 3.46. The van der Waals surface area contributed by atoms with Crippen LogP contribution in [0.25, 0.3) is 0 Å². The van der Waals surface area contributed by atoms with E-state index in [2.05, 4.69) is 0 Å². The van der Waals surface area contributed by atoms with Crippen LogP contribution in [0.2, 0.25) is 0 Å². The number of rotatable bonds is 2. The Morgan fingerprint density at radius 1 is 1.43 bits per heavy atom. The maximum Gasteiger partial charge on any atom is 0.157 e. The maximum absolute atomic E-state index is 11.2. The van der Waals surface area contributed by atoms with Gasteiger partial charge >= 0.3 is 0 Å². The zero-order valence-corrected chi connectivity index (χ0v) is 9.30. The van der Waals surface area contributed by atoms with E-state index >= 15 is 0 Å². The van der Waals surface area contributed by atoms with E-state index in [1.54, 1.807) is 11.8 Å². The van der Waals surface area contributed by atoms with Crippen LogP contribution in [0.5, 0.6) is 0 Å². The monoisotopic (exact) mass is 220 g/mol. The van der Waals surface area contributed by atoms with Crippen LogP contribution in [0.3, 0.4) is 0 Å². The van der Waals surface area contributed by atoms with Crippen molar-refractivity contribution >= 4 is 15.7 Å². The van der Waals surface area contributed by atoms with Crippen molar-refractivity contribution in [3.05, 3.63) is 0 Å². The highest BCUT2D eigenvalue weighted by Gasteiger charge is 2.25. The molecule has 1 aliphatic rings. The van der Waals surface area contributed by atoms with Crippen molar-refractivity contribution in [2.45, 2.75) is 12.2 Å². The Labute approximate surface area is 84.5 Å². The van der Waals surface area contributed by atoms with E-state index in [1.807, 2.05) is 0 Å². The Kier molecular flexibility index (Phi) is 3.49. The molecule has 0 aromatic rings. The van der Waals surface area contributed by atoms with Gasteiger partial charge in [-0.3, -0.25) is 5.41 Å². The standard InChI is InChI=1S/C8H16N2O3S/c1-7(14(2,11)12)8(9)10-3-5-13-6-4-10/h7,9H,3-6H2,1-2H3. The number of sulfone groups is 1. The van der Waals surface area contributed by atoms with Gasteiger partial charge in [-0.05, 0) is 6.92 Å². The minimum Gasteiger partial charge on any atom is -0.378 e. The number of nitrogens with one attached hydrogen (secondary N) is 1. The molecule has 1 aliphatic heterocycles. The molecule has 0 radical (unpaired) electrons. The molecule has 0 bridgehead atoms. The van der Waals surface area contributed by atoms with Gasteiger partial charge in [-0.1, -0.05) is 0 Å². The Balaban J connectivity index is 2.64. The molecular weight excluding hydrogens is 204 g/mol. The van der Waals surface area contributed by atoms with Crippen LogP contribution in [-0.2, 0) is 14.6 Å². The Morgan fingerprint density at radius 2 is 1.93 bits per heavy atom. The highest BCUT2D eigenvalue weighted by atomic mass is 32.2. The molecule has 5 nitrogen and oxygen atoms in total. The molecule has 1 unspecified atom stereocenters. The number of amidine groups is 1. The average Bonchev–Trinajstić information content (AvgIpc) is 2.15. The van der Waals surface area contributed by atoms with Gasteiger partial charge in [-0.15, -0.1) is 0 Å². The molecular formula is C8H16N2O3S. The summed E-state index contributed by atoms with van der Waals surface area (Å²) in [4.78, 5) is 1.76. The number of ether oxygens (including phenoxy) is 1. The van der Waals surface area contributed by atoms with Gasteiger partial charge < -0.3 is 9.64 Å². The third-order valence-corrected chi connectivity index (χ3v) is 3.89. The van der Waals surface area contributed by atoms with Crippen LogP contribution >= 0.6 is 0 Å². The average molecular weight is 220 g/mol. The first kappa shape index (κ1) is 11.5. The minimum atomic E-state index is -3.16. The number of hydrogen-bond acceptors (Lipinski definition) is 4. The summed E-state index contributed by atoms with van der Waals surface area (Å²) in [5.41, 5.74) is 0. The Bertz CT molecular complexity index is 307. The molecule has 1 rings (SSSR count). The van der Waals surface area contributed by atoms with E-state index in [1.165, 1.54) is 0 Å². The largest absolute Gasteiger partial charge is 0.378 e. The number of morpholine rings is 1. The fourth-order valence-corrected chi connectivity index (χ4v) is 1.82. The summed E-state index contributed by atoms with van der Waals surface area (Å²) < 4.78 is 27.6. The lowest BCUT2D eigenvalue weighted by Crippen LogP contribution is -2.46. The summed E-state index contributed by atoms with van der Waals surface area (Å²) in [5.74, 6) is 0.177. The maximum atomic E-state index is 11.2. The molecule has 1 heterocycles. The third kappa shape index (κ3) is 2.68. The third-order valence-electron chi connectivity index (χ3n) is 2.38. The van der Waals surface area contributed by atoms with E-state index in [0.29, 0.717) is 26.3 Å². The van der Waals surface area contributed by atoms with Gasteiger partial charge in [0.05, 0.1) is 13.2 Å². The van der Waals surface area contributed by atoms with Crippen LogP contribution in [0.4, 0.5) is 0 Å². The lowest BCUT2D eigenvalue weighted by Gasteiger charge is -2.31.